The van der Waals surface area contributed by atoms with E-state index in [1.807, 2.05) is 18.7 Å². The van der Waals surface area contributed by atoms with Crippen LogP contribution in [0.2, 0.25) is 0 Å². The van der Waals surface area contributed by atoms with Crippen molar-refractivity contribution in [1.82, 2.24) is 15.0 Å². The Hall–Kier alpha value is -1.23. The second-order valence-electron chi connectivity index (χ2n) is 4.84. The molecule has 1 aliphatic carbocycles. The molecule has 0 amide bonds. The molecule has 0 aliphatic heterocycles. The lowest BCUT2D eigenvalue weighted by molar-refractivity contribution is -0.125. The van der Waals surface area contributed by atoms with Crippen LogP contribution in [0.15, 0.2) is 0 Å². The van der Waals surface area contributed by atoms with E-state index < -0.39 is 0 Å². The Balaban J connectivity index is 2.11. The number of aromatic nitrogens is 3. The van der Waals surface area contributed by atoms with Crippen LogP contribution in [0.1, 0.15) is 56.5 Å². The van der Waals surface area contributed by atoms with E-state index in [1.54, 1.807) is 0 Å². The molecule has 0 saturated carbocycles. The molecule has 1 atom stereocenters. The Morgan fingerprint density at radius 3 is 3.06 bits per heavy atom. The number of hydrogen-bond acceptors (Lipinski definition) is 4. The molecule has 0 spiro atoms. The first-order chi connectivity index (χ1) is 8.72. The fourth-order valence-electron chi connectivity index (χ4n) is 2.33. The third-order valence-corrected chi connectivity index (χ3v) is 3.50. The third-order valence-electron chi connectivity index (χ3n) is 3.50. The minimum atomic E-state index is -0.0653. The Labute approximate surface area is 108 Å². The van der Waals surface area contributed by atoms with Gasteiger partial charge < -0.3 is 4.74 Å². The van der Waals surface area contributed by atoms with Crippen molar-refractivity contribution in [3.05, 3.63) is 11.4 Å². The average molecular weight is 251 g/mol. The molecule has 0 aromatic carbocycles. The Morgan fingerprint density at radius 2 is 2.28 bits per heavy atom. The second-order valence-corrected chi connectivity index (χ2v) is 4.84. The number of nitrogens with zero attached hydrogens (tertiary/aromatic N) is 3. The SMILES string of the molecule is CCC(=O)COC1CCCCCc2c1nnn2C. The van der Waals surface area contributed by atoms with Crippen molar-refractivity contribution in [3.8, 4) is 0 Å². The van der Waals surface area contributed by atoms with Gasteiger partial charge in [-0.2, -0.15) is 0 Å². The standard InChI is InChI=1S/C13H21N3O2/c1-3-10(17)9-18-12-8-6-4-5-7-11-13(12)14-15-16(11)2/h12H,3-9H2,1-2H3. The number of fused-ring (bicyclic) bond motifs is 1. The minimum Gasteiger partial charge on any atom is -0.364 e. The molecular weight excluding hydrogens is 230 g/mol. The van der Waals surface area contributed by atoms with E-state index in [4.69, 9.17) is 4.74 Å². The van der Waals surface area contributed by atoms with Crippen LogP contribution in [-0.2, 0) is 23.0 Å². The maximum absolute atomic E-state index is 11.4. The maximum atomic E-state index is 11.4. The van der Waals surface area contributed by atoms with Gasteiger partial charge in [0.1, 0.15) is 18.4 Å². The van der Waals surface area contributed by atoms with Crippen LogP contribution in [0, 0.1) is 0 Å². The smallest absolute Gasteiger partial charge is 0.158 e. The summed E-state index contributed by atoms with van der Waals surface area (Å²) < 4.78 is 7.58. The summed E-state index contributed by atoms with van der Waals surface area (Å²) in [6.07, 6.45) is 5.90. The average Bonchev–Trinajstić information content (AvgIpc) is 2.69. The number of ketones is 1. The normalized spacial score (nSPS) is 20.0. The summed E-state index contributed by atoms with van der Waals surface area (Å²) in [4.78, 5) is 11.4. The van der Waals surface area contributed by atoms with Crippen molar-refractivity contribution in [2.75, 3.05) is 6.61 Å². The molecule has 0 saturated heterocycles. The van der Waals surface area contributed by atoms with Crippen molar-refractivity contribution in [2.45, 2.75) is 51.6 Å². The fraction of sp³-hybridized carbons (Fsp3) is 0.769. The van der Waals surface area contributed by atoms with Gasteiger partial charge in [0.25, 0.3) is 0 Å². The molecule has 0 bridgehead atoms. The van der Waals surface area contributed by atoms with Crippen molar-refractivity contribution in [1.29, 1.82) is 0 Å². The maximum Gasteiger partial charge on any atom is 0.158 e. The van der Waals surface area contributed by atoms with E-state index in [2.05, 4.69) is 10.3 Å². The summed E-state index contributed by atoms with van der Waals surface area (Å²) in [5.74, 6) is 0.141. The van der Waals surface area contributed by atoms with Crippen LogP contribution in [0.3, 0.4) is 0 Å². The number of ether oxygens (including phenoxy) is 1. The van der Waals surface area contributed by atoms with E-state index in [-0.39, 0.29) is 18.5 Å². The van der Waals surface area contributed by atoms with Gasteiger partial charge in [0.05, 0.1) is 5.69 Å². The number of carbonyl (C=O) groups is 1. The predicted octanol–water partition coefficient (Wildman–Crippen LogP) is 1.97. The van der Waals surface area contributed by atoms with Crippen molar-refractivity contribution in [3.63, 3.8) is 0 Å². The summed E-state index contributed by atoms with van der Waals surface area (Å²) in [5, 5.41) is 8.30. The Kier molecular flexibility index (Phi) is 4.47. The zero-order valence-corrected chi connectivity index (χ0v) is 11.2. The molecule has 5 nitrogen and oxygen atoms in total. The molecule has 0 radical (unpaired) electrons. The van der Waals surface area contributed by atoms with E-state index in [0.717, 1.165) is 30.7 Å². The highest BCUT2D eigenvalue weighted by atomic mass is 16.5. The molecule has 18 heavy (non-hydrogen) atoms. The van der Waals surface area contributed by atoms with Crippen LogP contribution in [0.4, 0.5) is 0 Å². The van der Waals surface area contributed by atoms with E-state index in [0.29, 0.717) is 6.42 Å². The molecule has 1 heterocycles. The van der Waals surface area contributed by atoms with Gasteiger partial charge >= 0.3 is 0 Å². The van der Waals surface area contributed by atoms with Crippen LogP contribution >= 0.6 is 0 Å². The van der Waals surface area contributed by atoms with Gasteiger partial charge in [-0.3, -0.25) is 9.48 Å². The highest BCUT2D eigenvalue weighted by Gasteiger charge is 2.23. The van der Waals surface area contributed by atoms with Gasteiger partial charge in [0.15, 0.2) is 5.78 Å². The molecule has 1 aliphatic rings. The van der Waals surface area contributed by atoms with Gasteiger partial charge in [0, 0.05) is 13.5 Å². The van der Waals surface area contributed by atoms with Gasteiger partial charge in [-0.05, 0) is 19.3 Å². The lowest BCUT2D eigenvalue weighted by Crippen LogP contribution is -2.15. The molecule has 1 aromatic heterocycles. The number of rotatable bonds is 4. The minimum absolute atomic E-state index is 0.0653. The molecule has 1 unspecified atom stereocenters. The summed E-state index contributed by atoms with van der Waals surface area (Å²) in [7, 11) is 1.92. The lowest BCUT2D eigenvalue weighted by atomic mass is 9.99. The number of aryl methyl sites for hydroxylation is 1. The monoisotopic (exact) mass is 251 g/mol. The van der Waals surface area contributed by atoms with Crippen molar-refractivity contribution < 1.29 is 9.53 Å². The Morgan fingerprint density at radius 1 is 1.44 bits per heavy atom. The molecule has 0 N–H and O–H groups in total. The first kappa shape index (κ1) is 13.2. The molecular formula is C13H21N3O2. The summed E-state index contributed by atoms with van der Waals surface area (Å²) in [6, 6.07) is 0. The number of Topliss-reactive ketones (excluding diaryl/α,β-unsaturated/α-hetero) is 1. The molecule has 2 rings (SSSR count). The summed E-state index contributed by atoms with van der Waals surface area (Å²) in [5.41, 5.74) is 2.09. The van der Waals surface area contributed by atoms with Gasteiger partial charge in [0.2, 0.25) is 0 Å². The van der Waals surface area contributed by atoms with Gasteiger partial charge in [-0.25, -0.2) is 0 Å². The van der Waals surface area contributed by atoms with Crippen molar-refractivity contribution >= 4 is 5.78 Å². The van der Waals surface area contributed by atoms with Crippen LogP contribution in [0.5, 0.6) is 0 Å². The topological polar surface area (TPSA) is 57.0 Å². The van der Waals surface area contributed by atoms with Crippen LogP contribution in [-0.4, -0.2) is 27.4 Å². The highest BCUT2D eigenvalue weighted by Crippen LogP contribution is 2.28. The highest BCUT2D eigenvalue weighted by molar-refractivity contribution is 5.79. The quantitative estimate of drug-likeness (QED) is 0.821. The third kappa shape index (κ3) is 2.96. The van der Waals surface area contributed by atoms with Gasteiger partial charge in [-0.15, -0.1) is 5.10 Å². The predicted molar refractivity (Wildman–Crippen MR) is 67.2 cm³/mol. The summed E-state index contributed by atoms with van der Waals surface area (Å²) >= 11 is 0. The fourth-order valence-corrected chi connectivity index (χ4v) is 2.33. The van der Waals surface area contributed by atoms with E-state index in [1.165, 1.54) is 12.8 Å². The first-order valence-electron chi connectivity index (χ1n) is 6.74. The van der Waals surface area contributed by atoms with Crippen LogP contribution < -0.4 is 0 Å². The van der Waals surface area contributed by atoms with Gasteiger partial charge in [-0.1, -0.05) is 25.0 Å². The van der Waals surface area contributed by atoms with E-state index in [9.17, 15) is 4.79 Å². The van der Waals surface area contributed by atoms with E-state index >= 15 is 0 Å². The first-order valence-corrected chi connectivity index (χ1v) is 6.74. The molecule has 100 valence electrons. The zero-order valence-electron chi connectivity index (χ0n) is 11.2. The zero-order chi connectivity index (χ0) is 13.0. The molecule has 1 aromatic rings. The van der Waals surface area contributed by atoms with Crippen LogP contribution in [0.25, 0.3) is 0 Å². The largest absolute Gasteiger partial charge is 0.364 e. The summed E-state index contributed by atoms with van der Waals surface area (Å²) in [6.45, 7) is 2.05. The number of hydrogen-bond donors (Lipinski definition) is 0. The second kappa shape index (κ2) is 6.09. The van der Waals surface area contributed by atoms with Crippen molar-refractivity contribution in [2.24, 2.45) is 7.05 Å². The number of carbonyl (C=O) groups excluding carboxylic acids is 1. The molecule has 5 heteroatoms. The Bertz CT molecular complexity index is 414. The lowest BCUT2D eigenvalue weighted by Gasteiger charge is -2.19. The molecule has 0 fully saturated rings.